The van der Waals surface area contributed by atoms with Gasteiger partial charge >= 0.3 is 18.0 Å². The highest BCUT2D eigenvalue weighted by atomic mass is 19.4. The van der Waals surface area contributed by atoms with Crippen molar-refractivity contribution in [2.24, 2.45) is 0 Å². The predicted octanol–water partition coefficient (Wildman–Crippen LogP) is 2.08. The first kappa shape index (κ1) is 21.6. The van der Waals surface area contributed by atoms with Gasteiger partial charge in [-0.2, -0.15) is 18.2 Å². The van der Waals surface area contributed by atoms with Crippen LogP contribution in [0.25, 0.3) is 11.1 Å². The van der Waals surface area contributed by atoms with E-state index in [-0.39, 0.29) is 24.9 Å². The SMILES string of the molecule is O=C(CCCCCCNC(=O)C(O)(O)C(F)(F)F)Nc1nc2ccccc2o1. The topological polar surface area (TPSA) is 125 Å². The number of halogens is 3. The molecule has 8 nitrogen and oxygen atoms in total. The van der Waals surface area contributed by atoms with Gasteiger partial charge in [0.05, 0.1) is 0 Å². The average Bonchev–Trinajstić information content (AvgIpc) is 3.01. The maximum atomic E-state index is 12.2. The van der Waals surface area contributed by atoms with Crippen LogP contribution in [-0.4, -0.2) is 45.5 Å². The van der Waals surface area contributed by atoms with E-state index in [0.29, 0.717) is 36.8 Å². The largest absolute Gasteiger partial charge is 0.453 e. The molecule has 0 aliphatic rings. The number of benzene rings is 1. The van der Waals surface area contributed by atoms with E-state index >= 15 is 0 Å². The van der Waals surface area contributed by atoms with Crippen molar-refractivity contribution < 1.29 is 37.4 Å². The van der Waals surface area contributed by atoms with Crippen molar-refractivity contribution in [3.63, 3.8) is 0 Å². The Hall–Kier alpha value is -2.66. The fraction of sp³-hybridized carbons (Fsp3) is 0.471. The molecule has 0 spiro atoms. The van der Waals surface area contributed by atoms with Gasteiger partial charge in [-0.05, 0) is 25.0 Å². The highest BCUT2D eigenvalue weighted by molar-refractivity contribution is 5.89. The molecule has 0 bridgehead atoms. The Balaban J connectivity index is 1.59. The van der Waals surface area contributed by atoms with Crippen LogP contribution in [0.4, 0.5) is 19.2 Å². The van der Waals surface area contributed by atoms with E-state index in [1.54, 1.807) is 24.3 Å². The summed E-state index contributed by atoms with van der Waals surface area (Å²) in [6, 6.07) is 7.16. The third kappa shape index (κ3) is 5.67. The molecule has 2 amide bonds. The minimum absolute atomic E-state index is 0.107. The molecule has 0 saturated carbocycles. The van der Waals surface area contributed by atoms with Gasteiger partial charge in [0, 0.05) is 13.0 Å². The molecule has 154 valence electrons. The lowest BCUT2D eigenvalue weighted by atomic mass is 10.1. The molecule has 28 heavy (non-hydrogen) atoms. The van der Waals surface area contributed by atoms with E-state index in [9.17, 15) is 22.8 Å². The molecule has 0 unspecified atom stereocenters. The summed E-state index contributed by atoms with van der Waals surface area (Å²) >= 11 is 0. The highest BCUT2D eigenvalue weighted by Crippen LogP contribution is 2.28. The zero-order valence-electron chi connectivity index (χ0n) is 14.8. The van der Waals surface area contributed by atoms with E-state index in [0.717, 1.165) is 0 Å². The number of carbonyl (C=O) groups is 2. The Kier molecular flexibility index (Phi) is 6.97. The number of aliphatic hydroxyl groups is 2. The van der Waals surface area contributed by atoms with E-state index in [2.05, 4.69) is 10.3 Å². The lowest BCUT2D eigenvalue weighted by Gasteiger charge is -2.22. The molecule has 0 atom stereocenters. The van der Waals surface area contributed by atoms with E-state index < -0.39 is 17.9 Å². The molecule has 0 aliphatic heterocycles. The van der Waals surface area contributed by atoms with Gasteiger partial charge in [-0.15, -0.1) is 0 Å². The zero-order valence-corrected chi connectivity index (χ0v) is 14.8. The standard InChI is InChI=1S/C17H20F3N3O5/c18-17(19,20)16(26,27)14(25)21-10-6-2-1-3-9-13(24)23-15-22-11-7-4-5-8-12(11)28-15/h4-5,7-8,26-27H,1-3,6,9-10H2,(H,21,25)(H,22,23,24). The van der Waals surface area contributed by atoms with Gasteiger partial charge in [-0.1, -0.05) is 25.0 Å². The first-order valence-electron chi connectivity index (χ1n) is 8.56. The first-order valence-corrected chi connectivity index (χ1v) is 8.56. The summed E-state index contributed by atoms with van der Waals surface area (Å²) in [6.45, 7) is -0.146. The molecule has 11 heteroatoms. The minimum atomic E-state index is -5.47. The summed E-state index contributed by atoms with van der Waals surface area (Å²) in [7, 11) is 0. The van der Waals surface area contributed by atoms with Crippen LogP contribution in [0, 0.1) is 0 Å². The maximum absolute atomic E-state index is 12.2. The van der Waals surface area contributed by atoms with Crippen molar-refractivity contribution in [3.8, 4) is 0 Å². The quantitative estimate of drug-likeness (QED) is 0.375. The summed E-state index contributed by atoms with van der Waals surface area (Å²) in [6.07, 6.45) is -3.29. The second-order valence-electron chi connectivity index (χ2n) is 6.13. The summed E-state index contributed by atoms with van der Waals surface area (Å²) in [5, 5.41) is 21.9. The third-order valence-electron chi connectivity index (χ3n) is 3.87. The van der Waals surface area contributed by atoms with Crippen molar-refractivity contribution in [2.45, 2.75) is 44.1 Å². The van der Waals surface area contributed by atoms with Gasteiger partial charge in [0.2, 0.25) is 5.91 Å². The average molecular weight is 403 g/mol. The Bertz CT molecular complexity index is 787. The number of fused-ring (bicyclic) bond motifs is 1. The predicted molar refractivity (Wildman–Crippen MR) is 92.0 cm³/mol. The molecular weight excluding hydrogens is 383 g/mol. The van der Waals surface area contributed by atoms with Crippen LogP contribution in [0.3, 0.4) is 0 Å². The number of carbonyl (C=O) groups excluding carboxylic acids is 2. The number of hydrogen-bond acceptors (Lipinski definition) is 6. The smallest absolute Gasteiger partial charge is 0.423 e. The molecule has 0 saturated heterocycles. The zero-order chi connectivity index (χ0) is 20.8. The number of alkyl halides is 3. The van der Waals surface area contributed by atoms with Gasteiger partial charge in [0.1, 0.15) is 5.52 Å². The number of hydrogen-bond donors (Lipinski definition) is 4. The molecule has 1 aromatic heterocycles. The van der Waals surface area contributed by atoms with E-state index in [1.807, 2.05) is 5.32 Å². The number of rotatable bonds is 9. The Labute approximate surface area is 157 Å². The lowest BCUT2D eigenvalue weighted by molar-refractivity contribution is -0.328. The number of oxazole rings is 1. The lowest BCUT2D eigenvalue weighted by Crippen LogP contribution is -2.57. The number of amides is 2. The fourth-order valence-corrected chi connectivity index (χ4v) is 2.33. The molecule has 0 radical (unpaired) electrons. The Morgan fingerprint density at radius 2 is 1.75 bits per heavy atom. The van der Waals surface area contributed by atoms with Crippen LogP contribution < -0.4 is 10.6 Å². The first-order chi connectivity index (χ1) is 13.1. The summed E-state index contributed by atoms with van der Waals surface area (Å²) in [4.78, 5) is 27.1. The van der Waals surface area contributed by atoms with Gasteiger partial charge in [-0.25, -0.2) is 0 Å². The van der Waals surface area contributed by atoms with Gasteiger partial charge in [-0.3, -0.25) is 14.9 Å². The van der Waals surface area contributed by atoms with Gasteiger partial charge < -0.3 is 19.9 Å². The molecule has 2 rings (SSSR count). The van der Waals surface area contributed by atoms with Crippen molar-refractivity contribution in [1.82, 2.24) is 10.3 Å². The molecular formula is C17H20F3N3O5. The summed E-state index contributed by atoms with van der Waals surface area (Å²) in [5.74, 6) is -6.61. The second-order valence-corrected chi connectivity index (χ2v) is 6.13. The second kappa shape index (κ2) is 9.02. The number of unbranched alkanes of at least 4 members (excludes halogenated alkanes) is 3. The number of nitrogens with one attached hydrogen (secondary N) is 2. The summed E-state index contributed by atoms with van der Waals surface area (Å²) < 4.78 is 42.1. The monoisotopic (exact) mass is 403 g/mol. The maximum Gasteiger partial charge on any atom is 0.453 e. The van der Waals surface area contributed by atoms with E-state index in [1.165, 1.54) is 0 Å². The van der Waals surface area contributed by atoms with Crippen LogP contribution in [-0.2, 0) is 9.59 Å². The van der Waals surface area contributed by atoms with Gasteiger partial charge in [0.25, 0.3) is 5.91 Å². The third-order valence-corrected chi connectivity index (χ3v) is 3.87. The highest BCUT2D eigenvalue weighted by Gasteiger charge is 2.58. The number of anilines is 1. The minimum Gasteiger partial charge on any atom is -0.423 e. The van der Waals surface area contributed by atoms with Crippen molar-refractivity contribution in [1.29, 1.82) is 0 Å². The molecule has 1 heterocycles. The van der Waals surface area contributed by atoms with Crippen LogP contribution in [0.2, 0.25) is 0 Å². The van der Waals surface area contributed by atoms with Crippen molar-refractivity contribution in [3.05, 3.63) is 24.3 Å². The number of aromatic nitrogens is 1. The number of nitrogens with zero attached hydrogens (tertiary/aromatic N) is 1. The molecule has 0 fully saturated rings. The normalized spacial score (nSPS) is 12.2. The summed E-state index contributed by atoms with van der Waals surface area (Å²) in [5.41, 5.74) is 1.18. The van der Waals surface area contributed by atoms with Crippen molar-refractivity contribution in [2.75, 3.05) is 11.9 Å². The Morgan fingerprint density at radius 3 is 2.43 bits per heavy atom. The molecule has 2 aromatic rings. The number of para-hydroxylation sites is 2. The van der Waals surface area contributed by atoms with Crippen LogP contribution in [0.5, 0.6) is 0 Å². The molecule has 0 aliphatic carbocycles. The molecule has 1 aromatic carbocycles. The van der Waals surface area contributed by atoms with Gasteiger partial charge in [0.15, 0.2) is 5.58 Å². The van der Waals surface area contributed by atoms with E-state index in [4.69, 9.17) is 14.6 Å². The Morgan fingerprint density at radius 1 is 1.07 bits per heavy atom. The van der Waals surface area contributed by atoms with Crippen molar-refractivity contribution >= 4 is 28.9 Å². The van der Waals surface area contributed by atoms with Crippen LogP contribution >= 0.6 is 0 Å². The molecule has 4 N–H and O–H groups in total. The van der Waals surface area contributed by atoms with Crippen LogP contribution in [0.1, 0.15) is 32.1 Å². The van der Waals surface area contributed by atoms with Crippen LogP contribution in [0.15, 0.2) is 28.7 Å². The fourth-order valence-electron chi connectivity index (χ4n) is 2.33.